The Kier molecular flexibility index (Phi) is 2.57. The molecule has 0 aliphatic heterocycles. The number of hydrogen-bond acceptors (Lipinski definition) is 5. The lowest BCUT2D eigenvalue weighted by Gasteiger charge is -2.00. The minimum atomic E-state index is -0.371. The van der Waals surface area contributed by atoms with Gasteiger partial charge in [-0.3, -0.25) is 9.89 Å². The van der Waals surface area contributed by atoms with Gasteiger partial charge in [-0.25, -0.2) is 4.98 Å². The lowest BCUT2D eigenvalue weighted by atomic mass is 10.1. The number of amides is 1. The molecule has 90 valence electrons. The van der Waals surface area contributed by atoms with Gasteiger partial charge in [0.25, 0.3) is 5.91 Å². The van der Waals surface area contributed by atoms with Crippen molar-refractivity contribution < 1.29 is 4.79 Å². The van der Waals surface area contributed by atoms with Crippen molar-refractivity contribution in [2.45, 2.75) is 19.3 Å². The van der Waals surface area contributed by atoms with Crippen LogP contribution in [0.4, 0.5) is 5.00 Å². The van der Waals surface area contributed by atoms with Crippen LogP contribution < -0.4 is 5.32 Å². The molecule has 0 aromatic carbocycles. The third kappa shape index (κ3) is 1.67. The minimum Gasteiger partial charge on any atom is -0.310 e. The molecule has 0 saturated heterocycles. The Morgan fingerprint density at radius 3 is 3.17 bits per heavy atom. The van der Waals surface area contributed by atoms with E-state index in [0.29, 0.717) is 10.6 Å². The van der Waals surface area contributed by atoms with Gasteiger partial charge in [-0.1, -0.05) is 0 Å². The first-order valence-corrected chi connectivity index (χ1v) is 6.32. The maximum Gasteiger partial charge on any atom is 0.293 e. The van der Waals surface area contributed by atoms with Crippen LogP contribution in [-0.4, -0.2) is 21.1 Å². The molecular weight excluding hydrogens is 250 g/mol. The van der Waals surface area contributed by atoms with E-state index in [2.05, 4.69) is 26.6 Å². The number of aryl methyl sites for hydroxylation is 1. The Labute approximate surface area is 107 Å². The molecule has 1 amide bonds. The van der Waals surface area contributed by atoms with Crippen LogP contribution in [0.5, 0.6) is 0 Å². The molecular formula is C11H9N5OS. The van der Waals surface area contributed by atoms with Crippen molar-refractivity contribution in [3.05, 3.63) is 28.2 Å². The van der Waals surface area contributed by atoms with Crippen molar-refractivity contribution >= 4 is 22.2 Å². The number of carbonyl (C=O) groups is 1. The van der Waals surface area contributed by atoms with Gasteiger partial charge in [0, 0.05) is 4.88 Å². The first-order valence-electron chi connectivity index (χ1n) is 5.51. The summed E-state index contributed by atoms with van der Waals surface area (Å²) in [4.78, 5) is 16.8. The number of anilines is 1. The van der Waals surface area contributed by atoms with Crippen LogP contribution in [0.3, 0.4) is 0 Å². The summed E-state index contributed by atoms with van der Waals surface area (Å²) in [6, 6.07) is 2.18. The van der Waals surface area contributed by atoms with Gasteiger partial charge >= 0.3 is 0 Å². The lowest BCUT2D eigenvalue weighted by molar-refractivity contribution is 0.101. The fourth-order valence-electron chi connectivity index (χ4n) is 2.09. The molecule has 2 N–H and O–H groups in total. The van der Waals surface area contributed by atoms with Crippen molar-refractivity contribution in [2.75, 3.05) is 5.32 Å². The van der Waals surface area contributed by atoms with Crippen LogP contribution in [0.1, 0.15) is 33.0 Å². The van der Waals surface area contributed by atoms with E-state index in [1.165, 1.54) is 22.5 Å². The van der Waals surface area contributed by atoms with Gasteiger partial charge in [0.2, 0.25) is 5.82 Å². The molecule has 6 nitrogen and oxygen atoms in total. The predicted molar refractivity (Wildman–Crippen MR) is 65.4 cm³/mol. The second kappa shape index (κ2) is 4.23. The number of carbonyl (C=O) groups excluding carboxylic acids is 1. The maximum absolute atomic E-state index is 11.8. The van der Waals surface area contributed by atoms with Crippen molar-refractivity contribution in [2.24, 2.45) is 0 Å². The summed E-state index contributed by atoms with van der Waals surface area (Å²) in [5.41, 5.74) is 1.69. The number of hydrogen-bond donors (Lipinski definition) is 2. The van der Waals surface area contributed by atoms with Crippen LogP contribution in [-0.2, 0) is 12.8 Å². The highest BCUT2D eigenvalue weighted by atomic mass is 32.1. The average Bonchev–Trinajstić information content (AvgIpc) is 3.04. The van der Waals surface area contributed by atoms with Crippen LogP contribution in [0, 0.1) is 11.3 Å². The van der Waals surface area contributed by atoms with Crippen molar-refractivity contribution in [1.29, 1.82) is 5.26 Å². The fraction of sp³-hybridized carbons (Fsp3) is 0.273. The monoisotopic (exact) mass is 259 g/mol. The van der Waals surface area contributed by atoms with Gasteiger partial charge in [-0.05, 0) is 24.8 Å². The second-order valence-electron chi connectivity index (χ2n) is 3.96. The number of H-pyrrole nitrogens is 1. The molecule has 0 fully saturated rings. The molecule has 7 heteroatoms. The topological polar surface area (TPSA) is 94.5 Å². The van der Waals surface area contributed by atoms with E-state index >= 15 is 0 Å². The molecule has 0 spiro atoms. The quantitative estimate of drug-likeness (QED) is 0.854. The smallest absolute Gasteiger partial charge is 0.293 e. The number of nitriles is 1. The van der Waals surface area contributed by atoms with Crippen LogP contribution >= 0.6 is 11.3 Å². The Balaban J connectivity index is 1.90. The van der Waals surface area contributed by atoms with E-state index in [1.807, 2.05) is 0 Å². The highest BCUT2D eigenvalue weighted by Crippen LogP contribution is 2.38. The number of nitrogens with zero attached hydrogens (tertiary/aromatic N) is 3. The molecule has 1 aliphatic rings. The molecule has 0 saturated carbocycles. The highest BCUT2D eigenvalue weighted by Gasteiger charge is 2.23. The van der Waals surface area contributed by atoms with Gasteiger partial charge in [0.15, 0.2) is 0 Å². The van der Waals surface area contributed by atoms with Crippen molar-refractivity contribution in [3.63, 3.8) is 0 Å². The summed E-state index contributed by atoms with van der Waals surface area (Å²) < 4.78 is 0. The zero-order valence-corrected chi connectivity index (χ0v) is 10.2. The van der Waals surface area contributed by atoms with Gasteiger partial charge in [0.1, 0.15) is 17.4 Å². The molecule has 2 heterocycles. The van der Waals surface area contributed by atoms with Crippen LogP contribution in [0.15, 0.2) is 6.33 Å². The summed E-state index contributed by atoms with van der Waals surface area (Å²) in [5.74, 6) is -0.226. The second-order valence-corrected chi connectivity index (χ2v) is 5.07. The van der Waals surface area contributed by atoms with E-state index in [9.17, 15) is 10.1 Å². The first-order chi connectivity index (χ1) is 8.79. The van der Waals surface area contributed by atoms with E-state index in [4.69, 9.17) is 0 Å². The lowest BCUT2D eigenvalue weighted by Crippen LogP contribution is -2.13. The summed E-state index contributed by atoms with van der Waals surface area (Å²) in [7, 11) is 0. The number of nitrogens with one attached hydrogen (secondary N) is 2. The van der Waals surface area contributed by atoms with E-state index in [1.54, 1.807) is 0 Å². The molecule has 0 atom stereocenters. The molecule has 0 bridgehead atoms. The van der Waals surface area contributed by atoms with Gasteiger partial charge in [-0.15, -0.1) is 11.3 Å². The number of thiophene rings is 1. The van der Waals surface area contributed by atoms with Gasteiger partial charge in [0.05, 0.1) is 5.56 Å². The number of fused-ring (bicyclic) bond motifs is 1. The standard InChI is InChI=1S/C11H9N5OS/c12-4-7-6-2-1-3-8(6)18-11(7)15-10(17)9-13-5-14-16-9/h5H,1-3H2,(H,15,17)(H,13,14,16). The first kappa shape index (κ1) is 10.9. The van der Waals surface area contributed by atoms with Crippen molar-refractivity contribution in [1.82, 2.24) is 15.2 Å². The average molecular weight is 259 g/mol. The normalized spacial score (nSPS) is 13.1. The molecule has 2 aromatic rings. The molecule has 0 radical (unpaired) electrons. The summed E-state index contributed by atoms with van der Waals surface area (Å²) in [5, 5.41) is 18.6. The summed E-state index contributed by atoms with van der Waals surface area (Å²) in [6.45, 7) is 0. The van der Waals surface area contributed by atoms with E-state index < -0.39 is 0 Å². The van der Waals surface area contributed by atoms with Crippen molar-refractivity contribution in [3.8, 4) is 6.07 Å². The van der Waals surface area contributed by atoms with Crippen LogP contribution in [0.25, 0.3) is 0 Å². The fourth-order valence-corrected chi connectivity index (χ4v) is 3.32. The predicted octanol–water partition coefficient (Wildman–Crippen LogP) is 1.48. The van der Waals surface area contributed by atoms with E-state index in [-0.39, 0.29) is 11.7 Å². The number of rotatable bonds is 2. The molecule has 18 heavy (non-hydrogen) atoms. The zero-order valence-electron chi connectivity index (χ0n) is 9.36. The summed E-state index contributed by atoms with van der Waals surface area (Å²) >= 11 is 1.48. The molecule has 1 aliphatic carbocycles. The Bertz CT molecular complexity index is 637. The third-order valence-corrected chi connectivity index (χ3v) is 4.10. The SMILES string of the molecule is N#Cc1c(NC(=O)c2ncn[nH]2)sc2c1CCC2. The Morgan fingerprint density at radius 1 is 1.56 bits per heavy atom. The van der Waals surface area contributed by atoms with Gasteiger partial charge in [-0.2, -0.15) is 10.4 Å². The third-order valence-electron chi connectivity index (χ3n) is 2.89. The largest absolute Gasteiger partial charge is 0.310 e. The number of aromatic nitrogens is 3. The van der Waals surface area contributed by atoms with Crippen LogP contribution in [0.2, 0.25) is 0 Å². The highest BCUT2D eigenvalue weighted by molar-refractivity contribution is 7.16. The Hall–Kier alpha value is -2.20. The van der Waals surface area contributed by atoms with E-state index in [0.717, 1.165) is 24.8 Å². The number of aromatic amines is 1. The molecule has 3 rings (SSSR count). The van der Waals surface area contributed by atoms with Gasteiger partial charge < -0.3 is 5.32 Å². The minimum absolute atomic E-state index is 0.146. The zero-order chi connectivity index (χ0) is 12.5. The maximum atomic E-state index is 11.8. The Morgan fingerprint density at radius 2 is 2.44 bits per heavy atom. The summed E-state index contributed by atoms with van der Waals surface area (Å²) in [6.07, 6.45) is 4.28. The molecule has 0 unspecified atom stereocenters. The molecule has 2 aromatic heterocycles.